The van der Waals surface area contributed by atoms with Gasteiger partial charge in [-0.2, -0.15) is 0 Å². The van der Waals surface area contributed by atoms with E-state index in [1.807, 2.05) is 37.3 Å². The van der Waals surface area contributed by atoms with Gasteiger partial charge >= 0.3 is 5.63 Å². The molecule has 7 heteroatoms. The minimum atomic E-state index is -0.425. The smallest absolute Gasteiger partial charge is 0.344 e. The van der Waals surface area contributed by atoms with Gasteiger partial charge in [0.25, 0.3) is 5.91 Å². The highest BCUT2D eigenvalue weighted by atomic mass is 32.1. The third-order valence-electron chi connectivity index (χ3n) is 5.02. The Morgan fingerprint density at radius 2 is 1.75 bits per heavy atom. The molecular formula is C25H20N2O4S. The molecular weight excluding hydrogens is 424 g/mol. The fourth-order valence-corrected chi connectivity index (χ4v) is 3.55. The number of rotatable bonds is 4. The molecule has 0 atom stereocenters. The molecule has 0 saturated carbocycles. The summed E-state index contributed by atoms with van der Waals surface area (Å²) in [6.45, 7) is 1.90. The molecule has 1 aromatic heterocycles. The summed E-state index contributed by atoms with van der Waals surface area (Å²) in [6.07, 6.45) is 0. The molecule has 0 unspecified atom stereocenters. The van der Waals surface area contributed by atoms with Crippen LogP contribution in [0, 0.1) is 6.92 Å². The van der Waals surface area contributed by atoms with Crippen LogP contribution in [0.25, 0.3) is 22.1 Å². The normalized spacial score (nSPS) is 10.6. The van der Waals surface area contributed by atoms with Crippen molar-refractivity contribution in [3.05, 3.63) is 94.3 Å². The average Bonchev–Trinajstić information content (AvgIpc) is 2.80. The van der Waals surface area contributed by atoms with Gasteiger partial charge in [-0.1, -0.05) is 42.5 Å². The minimum absolute atomic E-state index is 0.131. The Morgan fingerprint density at radius 3 is 2.56 bits per heavy atom. The number of carbonyl (C=O) groups is 1. The van der Waals surface area contributed by atoms with E-state index >= 15 is 0 Å². The lowest BCUT2D eigenvalue weighted by atomic mass is 10.0. The lowest BCUT2D eigenvalue weighted by molar-refractivity contribution is 0.0975. The third-order valence-corrected chi connectivity index (χ3v) is 5.22. The third kappa shape index (κ3) is 4.38. The van der Waals surface area contributed by atoms with Gasteiger partial charge in [0.05, 0.1) is 18.2 Å². The predicted molar refractivity (Wildman–Crippen MR) is 129 cm³/mol. The second-order valence-corrected chi connectivity index (χ2v) is 7.53. The first-order valence-corrected chi connectivity index (χ1v) is 10.3. The number of methoxy groups -OCH3 is 1. The highest BCUT2D eigenvalue weighted by Gasteiger charge is 2.14. The Labute approximate surface area is 189 Å². The number of nitrogens with one attached hydrogen (secondary N) is 2. The molecule has 1 heterocycles. The lowest BCUT2D eigenvalue weighted by Crippen LogP contribution is -2.34. The second-order valence-electron chi connectivity index (χ2n) is 7.12. The van der Waals surface area contributed by atoms with Crippen LogP contribution in [0.3, 0.4) is 0 Å². The first-order valence-electron chi connectivity index (χ1n) is 9.85. The van der Waals surface area contributed by atoms with Gasteiger partial charge in [-0.05, 0) is 60.6 Å². The SMILES string of the molecule is COc1ccccc1C(=O)NC(=S)Nc1cc(-c2cc3ccccc3oc2=O)ccc1C. The molecule has 3 aromatic carbocycles. The number of carbonyl (C=O) groups excluding carboxylic acids is 1. The molecule has 2 N–H and O–H groups in total. The number of thiocarbonyl (C=S) groups is 1. The van der Waals surface area contributed by atoms with E-state index in [4.69, 9.17) is 21.4 Å². The summed E-state index contributed by atoms with van der Waals surface area (Å²) in [5.74, 6) is 0.0675. The quantitative estimate of drug-likeness (QED) is 0.344. The zero-order valence-electron chi connectivity index (χ0n) is 17.5. The van der Waals surface area contributed by atoms with Crippen molar-refractivity contribution >= 4 is 39.9 Å². The molecule has 0 spiro atoms. The zero-order valence-corrected chi connectivity index (χ0v) is 18.3. The van der Waals surface area contributed by atoms with Gasteiger partial charge < -0.3 is 14.5 Å². The molecule has 0 radical (unpaired) electrons. The maximum atomic E-state index is 12.6. The van der Waals surface area contributed by atoms with Crippen molar-refractivity contribution in [2.45, 2.75) is 6.92 Å². The van der Waals surface area contributed by atoms with Crippen LogP contribution in [0.5, 0.6) is 5.75 Å². The van der Waals surface area contributed by atoms with Gasteiger partial charge in [0, 0.05) is 11.1 Å². The van der Waals surface area contributed by atoms with Crippen LogP contribution in [0.4, 0.5) is 5.69 Å². The van der Waals surface area contributed by atoms with Gasteiger partial charge in [-0.3, -0.25) is 10.1 Å². The van der Waals surface area contributed by atoms with Crippen molar-refractivity contribution in [1.29, 1.82) is 0 Å². The molecule has 32 heavy (non-hydrogen) atoms. The van der Waals surface area contributed by atoms with E-state index in [-0.39, 0.29) is 11.0 Å². The highest BCUT2D eigenvalue weighted by Crippen LogP contribution is 2.26. The monoisotopic (exact) mass is 444 g/mol. The summed E-state index contributed by atoms with van der Waals surface area (Å²) in [6, 6.07) is 21.6. The molecule has 0 fully saturated rings. The number of para-hydroxylation sites is 2. The summed E-state index contributed by atoms with van der Waals surface area (Å²) in [5.41, 5.74) is 3.16. The van der Waals surface area contributed by atoms with E-state index in [1.54, 1.807) is 42.5 Å². The van der Waals surface area contributed by atoms with E-state index in [2.05, 4.69) is 10.6 Å². The molecule has 0 aliphatic carbocycles. The van der Waals surface area contributed by atoms with Gasteiger partial charge in [0.1, 0.15) is 11.3 Å². The number of aryl methyl sites for hydroxylation is 1. The Hall–Kier alpha value is -3.97. The summed E-state index contributed by atoms with van der Waals surface area (Å²) in [5, 5.41) is 6.67. The van der Waals surface area contributed by atoms with Crippen LogP contribution < -0.4 is 21.0 Å². The molecule has 160 valence electrons. The van der Waals surface area contributed by atoms with Gasteiger partial charge in [0.2, 0.25) is 0 Å². The van der Waals surface area contributed by atoms with Crippen molar-refractivity contribution in [3.8, 4) is 16.9 Å². The van der Waals surface area contributed by atoms with Crippen LogP contribution >= 0.6 is 12.2 Å². The van der Waals surface area contributed by atoms with Crippen LogP contribution in [0.1, 0.15) is 15.9 Å². The van der Waals surface area contributed by atoms with Gasteiger partial charge in [-0.15, -0.1) is 0 Å². The summed E-state index contributed by atoms with van der Waals surface area (Å²) in [7, 11) is 1.50. The van der Waals surface area contributed by atoms with Crippen molar-refractivity contribution in [1.82, 2.24) is 5.32 Å². The van der Waals surface area contributed by atoms with Crippen LogP contribution in [0.15, 0.2) is 82.0 Å². The first-order chi connectivity index (χ1) is 15.5. The van der Waals surface area contributed by atoms with E-state index < -0.39 is 5.63 Å². The molecule has 0 saturated heterocycles. The fraction of sp³-hybridized carbons (Fsp3) is 0.0800. The maximum Gasteiger partial charge on any atom is 0.344 e. The average molecular weight is 445 g/mol. The number of ether oxygens (including phenoxy) is 1. The van der Waals surface area contributed by atoms with Gasteiger partial charge in [-0.25, -0.2) is 4.79 Å². The zero-order chi connectivity index (χ0) is 22.7. The summed E-state index contributed by atoms with van der Waals surface area (Å²) < 4.78 is 10.7. The molecule has 0 bridgehead atoms. The van der Waals surface area contributed by atoms with E-state index in [0.717, 1.165) is 10.9 Å². The van der Waals surface area contributed by atoms with Crippen molar-refractivity contribution in [2.75, 3.05) is 12.4 Å². The Balaban J connectivity index is 1.58. The number of fused-ring (bicyclic) bond motifs is 1. The fourth-order valence-electron chi connectivity index (χ4n) is 3.34. The molecule has 0 aliphatic rings. The number of amides is 1. The molecule has 0 aliphatic heterocycles. The van der Waals surface area contributed by atoms with Crippen LogP contribution in [-0.2, 0) is 0 Å². The number of anilines is 1. The van der Waals surface area contributed by atoms with Crippen LogP contribution in [-0.4, -0.2) is 18.1 Å². The van der Waals surface area contributed by atoms with Gasteiger partial charge in [0.15, 0.2) is 5.11 Å². The lowest BCUT2D eigenvalue weighted by Gasteiger charge is -2.14. The Bertz CT molecular complexity index is 1390. The molecule has 1 amide bonds. The summed E-state index contributed by atoms with van der Waals surface area (Å²) in [4.78, 5) is 25.1. The molecule has 4 aromatic rings. The Morgan fingerprint density at radius 1 is 1.00 bits per heavy atom. The summed E-state index contributed by atoms with van der Waals surface area (Å²) >= 11 is 5.34. The predicted octanol–water partition coefficient (Wildman–Crippen LogP) is 4.90. The van der Waals surface area contributed by atoms with E-state index in [9.17, 15) is 9.59 Å². The molecule has 6 nitrogen and oxygen atoms in total. The minimum Gasteiger partial charge on any atom is -0.496 e. The first kappa shape index (κ1) is 21.3. The topological polar surface area (TPSA) is 80.6 Å². The van der Waals surface area contributed by atoms with Crippen molar-refractivity contribution in [2.24, 2.45) is 0 Å². The van der Waals surface area contributed by atoms with E-state index in [0.29, 0.717) is 33.7 Å². The number of hydrogen-bond donors (Lipinski definition) is 2. The van der Waals surface area contributed by atoms with Crippen molar-refractivity contribution < 1.29 is 13.9 Å². The largest absolute Gasteiger partial charge is 0.496 e. The standard InChI is InChI=1S/C25H20N2O4S/c1-15-11-12-16(19-13-17-7-3-5-9-21(17)31-24(19)29)14-20(15)26-25(32)27-23(28)18-8-4-6-10-22(18)30-2/h3-14H,1-2H3,(H2,26,27,28,32). The second kappa shape index (κ2) is 9.03. The van der Waals surface area contributed by atoms with Crippen molar-refractivity contribution in [3.63, 3.8) is 0 Å². The highest BCUT2D eigenvalue weighted by molar-refractivity contribution is 7.80. The number of benzene rings is 3. The maximum absolute atomic E-state index is 12.6. The van der Waals surface area contributed by atoms with E-state index in [1.165, 1.54) is 7.11 Å². The molecule has 4 rings (SSSR count). The van der Waals surface area contributed by atoms with Crippen LogP contribution in [0.2, 0.25) is 0 Å². The number of hydrogen-bond acceptors (Lipinski definition) is 5. The Kier molecular flexibility index (Phi) is 6.00.